The lowest BCUT2D eigenvalue weighted by molar-refractivity contribution is 0.0525. The van der Waals surface area contributed by atoms with Crippen LogP contribution in [0.2, 0.25) is 0 Å². The molecule has 4 aromatic rings. The van der Waals surface area contributed by atoms with Crippen molar-refractivity contribution in [3.8, 4) is 16.9 Å². The first-order valence-electron chi connectivity index (χ1n) is 12.4. The summed E-state index contributed by atoms with van der Waals surface area (Å²) in [5, 5.41) is 8.24. The van der Waals surface area contributed by atoms with Gasteiger partial charge in [0.25, 0.3) is 0 Å². The molecule has 0 N–H and O–H groups in total. The van der Waals surface area contributed by atoms with Gasteiger partial charge in [-0.15, -0.1) is 5.10 Å². The summed E-state index contributed by atoms with van der Waals surface area (Å²) in [4.78, 5) is 26.5. The maximum Gasteiger partial charge on any atom is 0.342 e. The smallest absolute Gasteiger partial charge is 0.342 e. The molecule has 2 aromatic heterocycles. The molecule has 0 atom stereocenters. The Kier molecular flexibility index (Phi) is 7.36. The second kappa shape index (κ2) is 11.0. The van der Waals surface area contributed by atoms with Crippen molar-refractivity contribution in [1.29, 1.82) is 0 Å². The predicted molar refractivity (Wildman–Crippen MR) is 137 cm³/mol. The van der Waals surface area contributed by atoms with E-state index >= 15 is 0 Å². The quantitative estimate of drug-likeness (QED) is 0.341. The van der Waals surface area contributed by atoms with Gasteiger partial charge in [0.1, 0.15) is 5.56 Å². The molecule has 196 valence electrons. The molecule has 5 rings (SSSR count). The van der Waals surface area contributed by atoms with E-state index in [-0.39, 0.29) is 6.61 Å². The van der Waals surface area contributed by atoms with E-state index in [1.807, 2.05) is 30.3 Å². The highest BCUT2D eigenvalue weighted by Gasteiger charge is 2.25. The van der Waals surface area contributed by atoms with E-state index in [1.54, 1.807) is 20.0 Å². The Balaban J connectivity index is 1.29. The van der Waals surface area contributed by atoms with Gasteiger partial charge in [0, 0.05) is 44.4 Å². The average molecular weight is 520 g/mol. The lowest BCUT2D eigenvalue weighted by Crippen LogP contribution is -2.46. The number of carbonyl (C=O) groups excluding carboxylic acids is 1. The number of piperazine rings is 1. The van der Waals surface area contributed by atoms with Crippen molar-refractivity contribution < 1.29 is 18.3 Å². The average Bonchev–Trinajstić information content (AvgIpc) is 3.39. The highest BCUT2D eigenvalue weighted by atomic mass is 19.2. The molecule has 1 aliphatic rings. The van der Waals surface area contributed by atoms with E-state index < -0.39 is 17.6 Å². The fraction of sp³-hybridized carbons (Fsp3) is 0.296. The number of benzene rings is 2. The summed E-state index contributed by atoms with van der Waals surface area (Å²) in [5.74, 6) is -1.70. The molecule has 0 saturated carbocycles. The van der Waals surface area contributed by atoms with Crippen LogP contribution in [0.25, 0.3) is 16.9 Å². The summed E-state index contributed by atoms with van der Waals surface area (Å²) in [6, 6.07) is 13.2. The highest BCUT2D eigenvalue weighted by molar-refractivity contribution is 5.97. The van der Waals surface area contributed by atoms with E-state index in [0.717, 1.165) is 36.5 Å². The third-order valence-corrected chi connectivity index (χ3v) is 6.35. The van der Waals surface area contributed by atoms with E-state index in [1.165, 1.54) is 10.7 Å². The molecule has 0 unspecified atom stereocenters. The Morgan fingerprint density at radius 2 is 1.76 bits per heavy atom. The fourth-order valence-electron chi connectivity index (χ4n) is 4.41. The monoisotopic (exact) mass is 519 g/mol. The molecule has 2 aromatic carbocycles. The summed E-state index contributed by atoms with van der Waals surface area (Å²) in [7, 11) is 0. The SMILES string of the molecule is CCOC(=O)c1c(C)nc(N2CCN(Cc3cn(-c4ccc(F)c(F)c4)nn3)CC2)nc1-c1ccccc1. The zero-order chi connectivity index (χ0) is 26.6. The first-order valence-corrected chi connectivity index (χ1v) is 12.4. The number of aryl methyl sites for hydroxylation is 1. The standard InChI is InChI=1S/C27H27F2N7O2/c1-3-38-26(37)24-18(2)30-27(31-25(24)19-7-5-4-6-8-19)35-13-11-34(12-14-35)16-20-17-36(33-32-20)21-9-10-22(28)23(29)15-21/h4-10,15,17H,3,11-14,16H2,1-2H3. The zero-order valence-electron chi connectivity index (χ0n) is 21.1. The first-order chi connectivity index (χ1) is 18.4. The Morgan fingerprint density at radius 3 is 2.47 bits per heavy atom. The van der Waals surface area contributed by atoms with Crippen LogP contribution in [0.1, 0.15) is 28.7 Å². The van der Waals surface area contributed by atoms with Crippen LogP contribution in [0.4, 0.5) is 14.7 Å². The van der Waals surface area contributed by atoms with Gasteiger partial charge < -0.3 is 9.64 Å². The number of esters is 1. The zero-order valence-corrected chi connectivity index (χ0v) is 21.1. The Hall–Kier alpha value is -4.25. The Labute approximate surface area is 218 Å². The minimum atomic E-state index is -0.932. The highest BCUT2D eigenvalue weighted by Crippen LogP contribution is 2.27. The molecule has 0 spiro atoms. The maximum atomic E-state index is 13.6. The van der Waals surface area contributed by atoms with Gasteiger partial charge in [0.05, 0.1) is 35.6 Å². The molecule has 1 aliphatic heterocycles. The molecular weight excluding hydrogens is 492 g/mol. The predicted octanol–water partition coefficient (Wildman–Crippen LogP) is 3.81. The molecule has 0 amide bonds. The van der Waals surface area contributed by atoms with Crippen LogP contribution in [0.15, 0.2) is 54.7 Å². The molecule has 0 aliphatic carbocycles. The fourth-order valence-corrected chi connectivity index (χ4v) is 4.41. The van der Waals surface area contributed by atoms with Crippen molar-refractivity contribution in [2.45, 2.75) is 20.4 Å². The number of halogens is 2. The second-order valence-corrected chi connectivity index (χ2v) is 8.94. The number of nitrogens with zero attached hydrogens (tertiary/aromatic N) is 7. The van der Waals surface area contributed by atoms with Gasteiger partial charge in [0.15, 0.2) is 11.6 Å². The maximum absolute atomic E-state index is 13.6. The molecule has 38 heavy (non-hydrogen) atoms. The molecule has 1 saturated heterocycles. The van der Waals surface area contributed by atoms with Gasteiger partial charge >= 0.3 is 5.97 Å². The van der Waals surface area contributed by atoms with E-state index in [4.69, 9.17) is 9.72 Å². The van der Waals surface area contributed by atoms with E-state index in [0.29, 0.717) is 48.2 Å². The lowest BCUT2D eigenvalue weighted by atomic mass is 10.0. The van der Waals surface area contributed by atoms with Crippen LogP contribution in [0, 0.1) is 18.6 Å². The molecule has 9 nitrogen and oxygen atoms in total. The van der Waals surface area contributed by atoms with Crippen molar-refractivity contribution >= 4 is 11.9 Å². The van der Waals surface area contributed by atoms with Gasteiger partial charge in [-0.3, -0.25) is 4.90 Å². The molecule has 1 fully saturated rings. The molecule has 0 bridgehead atoms. The molecule has 11 heteroatoms. The molecule has 0 radical (unpaired) electrons. The van der Waals surface area contributed by atoms with Crippen LogP contribution < -0.4 is 4.90 Å². The van der Waals surface area contributed by atoms with Crippen molar-refractivity contribution in [3.05, 3.63) is 83.3 Å². The number of hydrogen-bond acceptors (Lipinski definition) is 8. The number of carbonyl (C=O) groups is 1. The lowest BCUT2D eigenvalue weighted by Gasteiger charge is -2.34. The number of hydrogen-bond donors (Lipinski definition) is 0. The Bertz CT molecular complexity index is 1440. The van der Waals surface area contributed by atoms with Gasteiger partial charge in [-0.25, -0.2) is 28.2 Å². The number of anilines is 1. The summed E-state index contributed by atoms with van der Waals surface area (Å²) < 4.78 is 33.5. The van der Waals surface area contributed by atoms with Crippen molar-refractivity contribution in [2.75, 3.05) is 37.7 Å². The van der Waals surface area contributed by atoms with Crippen LogP contribution in [0.5, 0.6) is 0 Å². The van der Waals surface area contributed by atoms with Crippen molar-refractivity contribution in [2.24, 2.45) is 0 Å². The minimum Gasteiger partial charge on any atom is -0.462 e. The van der Waals surface area contributed by atoms with Crippen LogP contribution in [-0.2, 0) is 11.3 Å². The normalized spacial score (nSPS) is 14.1. The minimum absolute atomic E-state index is 0.269. The third kappa shape index (κ3) is 5.37. The second-order valence-electron chi connectivity index (χ2n) is 8.94. The molecule has 3 heterocycles. The Morgan fingerprint density at radius 1 is 1.00 bits per heavy atom. The van der Waals surface area contributed by atoms with Gasteiger partial charge in [-0.05, 0) is 26.0 Å². The molecular formula is C27H27F2N7O2. The summed E-state index contributed by atoms with van der Waals surface area (Å²) in [6.45, 7) is 7.25. The van der Waals surface area contributed by atoms with Crippen LogP contribution >= 0.6 is 0 Å². The summed E-state index contributed by atoms with van der Waals surface area (Å²) in [5.41, 5.74) is 3.46. The van der Waals surface area contributed by atoms with E-state index in [2.05, 4.69) is 25.1 Å². The van der Waals surface area contributed by atoms with Crippen molar-refractivity contribution in [1.82, 2.24) is 29.9 Å². The first kappa shape index (κ1) is 25.4. The van der Waals surface area contributed by atoms with Crippen molar-refractivity contribution in [3.63, 3.8) is 0 Å². The van der Waals surface area contributed by atoms with Gasteiger partial charge in [-0.1, -0.05) is 35.5 Å². The summed E-state index contributed by atoms with van der Waals surface area (Å²) in [6.07, 6.45) is 1.71. The number of ether oxygens (including phenoxy) is 1. The third-order valence-electron chi connectivity index (χ3n) is 6.35. The van der Waals surface area contributed by atoms with Gasteiger partial charge in [-0.2, -0.15) is 0 Å². The van der Waals surface area contributed by atoms with Gasteiger partial charge in [0.2, 0.25) is 5.95 Å². The largest absolute Gasteiger partial charge is 0.462 e. The topological polar surface area (TPSA) is 89.3 Å². The van der Waals surface area contributed by atoms with Crippen LogP contribution in [0.3, 0.4) is 0 Å². The number of aromatic nitrogens is 5. The number of rotatable bonds is 7. The summed E-state index contributed by atoms with van der Waals surface area (Å²) >= 11 is 0. The van der Waals surface area contributed by atoms with E-state index in [9.17, 15) is 13.6 Å². The van der Waals surface area contributed by atoms with Crippen LogP contribution in [-0.4, -0.2) is 68.6 Å².